The van der Waals surface area contributed by atoms with Gasteiger partial charge >= 0.3 is 6.11 Å². The van der Waals surface area contributed by atoms with Crippen LogP contribution in [0.15, 0.2) is 67.3 Å². The van der Waals surface area contributed by atoms with Crippen LogP contribution in [-0.4, -0.2) is 6.61 Å². The Kier molecular flexibility index (Phi) is 8.75. The first-order valence-corrected chi connectivity index (χ1v) is 11.6. The van der Waals surface area contributed by atoms with E-state index in [9.17, 15) is 13.2 Å². The van der Waals surface area contributed by atoms with Crippen LogP contribution in [0.25, 0.3) is 0 Å². The van der Waals surface area contributed by atoms with Gasteiger partial charge in [-0.1, -0.05) is 48.6 Å². The van der Waals surface area contributed by atoms with E-state index in [1.807, 2.05) is 37.3 Å². The predicted molar refractivity (Wildman–Crippen MR) is 124 cm³/mol. The molecule has 0 heterocycles. The summed E-state index contributed by atoms with van der Waals surface area (Å²) in [7, 11) is 0. The number of hydrogen-bond donors (Lipinski definition) is 0. The first-order valence-electron chi connectivity index (χ1n) is 11.6. The minimum atomic E-state index is -3.66. The van der Waals surface area contributed by atoms with E-state index in [0.717, 1.165) is 49.7 Å². The van der Waals surface area contributed by atoms with Gasteiger partial charge in [0.2, 0.25) is 0 Å². The van der Waals surface area contributed by atoms with Crippen molar-refractivity contribution < 1.29 is 17.9 Å². The first-order chi connectivity index (χ1) is 15.4. The minimum Gasteiger partial charge on any atom is -0.316 e. The zero-order valence-electron chi connectivity index (χ0n) is 18.8. The van der Waals surface area contributed by atoms with Gasteiger partial charge in [-0.3, -0.25) is 0 Å². The van der Waals surface area contributed by atoms with Crippen molar-refractivity contribution in [2.75, 3.05) is 6.61 Å². The Balaban J connectivity index is 1.55. The van der Waals surface area contributed by atoms with E-state index >= 15 is 0 Å². The zero-order valence-corrected chi connectivity index (χ0v) is 18.8. The summed E-state index contributed by atoms with van der Waals surface area (Å²) < 4.78 is 48.6. The molecule has 0 aliphatic heterocycles. The van der Waals surface area contributed by atoms with Crippen LogP contribution >= 0.6 is 0 Å². The smallest absolute Gasteiger partial charge is 0.316 e. The third-order valence-electron chi connectivity index (χ3n) is 6.35. The number of aryl methyl sites for hydroxylation is 1. The fourth-order valence-electron chi connectivity index (χ4n) is 4.45. The second kappa shape index (κ2) is 11.5. The van der Waals surface area contributed by atoms with Crippen LogP contribution in [-0.2, 0) is 23.7 Å². The molecule has 2 aromatic rings. The minimum absolute atomic E-state index is 0.185. The van der Waals surface area contributed by atoms with Gasteiger partial charge in [-0.15, -0.1) is 6.58 Å². The molecule has 1 nitrogen and oxygen atoms in total. The highest BCUT2D eigenvalue weighted by atomic mass is 19.3. The molecule has 0 radical (unpaired) electrons. The maximum absolute atomic E-state index is 14.6. The number of alkyl halides is 2. The maximum Gasteiger partial charge on any atom is 0.386 e. The fourth-order valence-corrected chi connectivity index (χ4v) is 4.45. The standard InChI is InChI=1S/C28H33F3O/c1-3-5-7-22-8-10-23(11-9-22)18-19-32-28(30,31)26-17-16-25(20-27(26)29)24-14-12-21(6-4-2)13-15-24/h3-4,6,8-11,16-17,20-21,24H,1,5,7,12-15,18-19H2,2H3/b6-4+. The number of halogens is 3. The summed E-state index contributed by atoms with van der Waals surface area (Å²) in [6.07, 6.45) is 8.64. The van der Waals surface area contributed by atoms with Gasteiger partial charge in [0.1, 0.15) is 5.82 Å². The molecule has 2 aromatic carbocycles. The summed E-state index contributed by atoms with van der Waals surface area (Å²) in [4.78, 5) is 0. The highest BCUT2D eigenvalue weighted by molar-refractivity contribution is 5.29. The van der Waals surface area contributed by atoms with E-state index in [4.69, 9.17) is 4.74 Å². The fraction of sp³-hybridized carbons (Fsp3) is 0.429. The van der Waals surface area contributed by atoms with Gasteiger partial charge in [-0.05, 0) is 92.5 Å². The van der Waals surface area contributed by atoms with Gasteiger partial charge in [-0.25, -0.2) is 4.39 Å². The number of rotatable bonds is 10. The number of allylic oxidation sites excluding steroid dienone is 3. The van der Waals surface area contributed by atoms with E-state index in [0.29, 0.717) is 12.3 Å². The Morgan fingerprint density at radius 1 is 1.00 bits per heavy atom. The van der Waals surface area contributed by atoms with Crippen LogP contribution in [0.3, 0.4) is 0 Å². The maximum atomic E-state index is 14.6. The lowest BCUT2D eigenvalue weighted by Gasteiger charge is -2.27. The van der Waals surface area contributed by atoms with E-state index in [-0.39, 0.29) is 12.5 Å². The SMILES string of the molecule is C=CCCc1ccc(CCOC(F)(F)c2ccc(C3CCC(/C=C/C)CC3)cc2F)cc1. The Bertz CT molecular complexity index is 893. The monoisotopic (exact) mass is 442 g/mol. The van der Waals surface area contributed by atoms with Gasteiger partial charge in [0.05, 0.1) is 12.2 Å². The molecule has 1 saturated carbocycles. The van der Waals surface area contributed by atoms with Crippen molar-refractivity contribution in [2.45, 2.75) is 63.9 Å². The average molecular weight is 443 g/mol. The Morgan fingerprint density at radius 2 is 1.66 bits per heavy atom. The van der Waals surface area contributed by atoms with E-state index in [2.05, 4.69) is 18.7 Å². The number of benzene rings is 2. The summed E-state index contributed by atoms with van der Waals surface area (Å²) in [5.41, 5.74) is 2.20. The molecule has 1 aliphatic carbocycles. The quantitative estimate of drug-likeness (QED) is 0.338. The molecule has 0 spiro atoms. The lowest BCUT2D eigenvalue weighted by Crippen LogP contribution is -2.22. The molecule has 0 bridgehead atoms. The van der Waals surface area contributed by atoms with Gasteiger partial charge in [-0.2, -0.15) is 8.78 Å². The molecule has 0 saturated heterocycles. The van der Waals surface area contributed by atoms with Crippen LogP contribution in [0.4, 0.5) is 13.2 Å². The molecule has 32 heavy (non-hydrogen) atoms. The molecule has 0 N–H and O–H groups in total. The molecule has 4 heteroatoms. The lowest BCUT2D eigenvalue weighted by molar-refractivity contribution is -0.249. The molecule has 0 aromatic heterocycles. The summed E-state index contributed by atoms with van der Waals surface area (Å²) in [5, 5.41) is 0. The molecule has 3 rings (SSSR count). The Hall–Kier alpha value is -2.33. The van der Waals surface area contributed by atoms with E-state index in [1.165, 1.54) is 17.7 Å². The van der Waals surface area contributed by atoms with Crippen LogP contribution < -0.4 is 0 Å². The topological polar surface area (TPSA) is 9.23 Å². The van der Waals surface area contributed by atoms with E-state index in [1.54, 1.807) is 6.07 Å². The normalized spacial score (nSPS) is 19.4. The largest absolute Gasteiger partial charge is 0.386 e. The summed E-state index contributed by atoms with van der Waals surface area (Å²) in [6.45, 7) is 5.54. The molecule has 172 valence electrons. The highest BCUT2D eigenvalue weighted by Crippen LogP contribution is 2.38. The van der Waals surface area contributed by atoms with Gasteiger partial charge in [0, 0.05) is 0 Å². The summed E-state index contributed by atoms with van der Waals surface area (Å²) >= 11 is 0. The second-order valence-corrected chi connectivity index (χ2v) is 8.64. The number of hydrogen-bond acceptors (Lipinski definition) is 1. The van der Waals surface area contributed by atoms with Crippen LogP contribution in [0.5, 0.6) is 0 Å². The molecule has 1 aliphatic rings. The highest BCUT2D eigenvalue weighted by Gasteiger charge is 2.36. The van der Waals surface area contributed by atoms with Crippen molar-refractivity contribution >= 4 is 0 Å². The molecular formula is C28H33F3O. The molecule has 1 fully saturated rings. The molecule has 0 unspecified atom stereocenters. The third kappa shape index (κ3) is 6.59. The average Bonchev–Trinajstić information content (AvgIpc) is 2.79. The van der Waals surface area contributed by atoms with Crippen molar-refractivity contribution in [1.82, 2.24) is 0 Å². The van der Waals surface area contributed by atoms with Gasteiger partial charge < -0.3 is 4.74 Å². The van der Waals surface area contributed by atoms with Crippen molar-refractivity contribution in [3.8, 4) is 0 Å². The lowest BCUT2D eigenvalue weighted by atomic mass is 9.78. The molecular weight excluding hydrogens is 409 g/mol. The molecule has 0 atom stereocenters. The first kappa shape index (κ1) is 24.3. The van der Waals surface area contributed by atoms with Gasteiger partial charge in [0.25, 0.3) is 0 Å². The Labute approximate surface area is 190 Å². The summed E-state index contributed by atoms with van der Waals surface area (Å²) in [5.74, 6) is -0.0971. The van der Waals surface area contributed by atoms with Crippen LogP contribution in [0.2, 0.25) is 0 Å². The summed E-state index contributed by atoms with van der Waals surface area (Å²) in [6, 6.07) is 11.9. The molecule has 0 amide bonds. The zero-order chi connectivity index (χ0) is 23.0. The second-order valence-electron chi connectivity index (χ2n) is 8.64. The van der Waals surface area contributed by atoms with Crippen molar-refractivity contribution in [2.24, 2.45) is 5.92 Å². The Morgan fingerprint density at radius 3 is 2.25 bits per heavy atom. The third-order valence-corrected chi connectivity index (χ3v) is 6.35. The van der Waals surface area contributed by atoms with Crippen molar-refractivity contribution in [3.63, 3.8) is 0 Å². The number of ether oxygens (including phenoxy) is 1. The predicted octanol–water partition coefficient (Wildman–Crippen LogP) is 8.10. The van der Waals surface area contributed by atoms with Crippen LogP contribution in [0.1, 0.15) is 67.2 Å². The van der Waals surface area contributed by atoms with Gasteiger partial charge in [0.15, 0.2) is 0 Å². The van der Waals surface area contributed by atoms with E-state index < -0.39 is 17.5 Å². The van der Waals surface area contributed by atoms with Crippen molar-refractivity contribution in [1.29, 1.82) is 0 Å². The van der Waals surface area contributed by atoms with Crippen LogP contribution in [0, 0.1) is 11.7 Å². The van der Waals surface area contributed by atoms with Crippen molar-refractivity contribution in [3.05, 3.63) is 95.3 Å².